The predicted octanol–water partition coefficient (Wildman–Crippen LogP) is 4.56. The van der Waals surface area contributed by atoms with E-state index in [4.69, 9.17) is 19.3 Å². The molecule has 0 bridgehead atoms. The summed E-state index contributed by atoms with van der Waals surface area (Å²) in [7, 11) is -4.10. The minimum absolute atomic E-state index is 0.166. The Morgan fingerprint density at radius 2 is 1.60 bits per heavy atom. The third-order valence-corrected chi connectivity index (χ3v) is 15.6. The lowest BCUT2D eigenvalue weighted by molar-refractivity contribution is -0.0511. The van der Waals surface area contributed by atoms with Crippen molar-refractivity contribution in [2.75, 3.05) is 12.3 Å². The lowest BCUT2D eigenvalue weighted by atomic mass is 10.0. The molecule has 0 aromatic carbocycles. The van der Waals surface area contributed by atoms with E-state index in [1.807, 2.05) is 0 Å². The van der Waals surface area contributed by atoms with Crippen molar-refractivity contribution in [3.05, 3.63) is 22.7 Å². The second-order valence-corrected chi connectivity index (χ2v) is 20.4. The molecule has 4 rings (SSSR count). The molecule has 1 aromatic heterocycles. The number of anilines is 1. The molecule has 3 fully saturated rings. The fourth-order valence-corrected chi connectivity index (χ4v) is 11.9. The maximum atomic E-state index is 12.7. The van der Waals surface area contributed by atoms with Crippen molar-refractivity contribution in [1.82, 2.24) is 9.55 Å². The molecule has 8 nitrogen and oxygen atoms in total. The second-order valence-electron chi connectivity index (χ2n) is 11.9. The van der Waals surface area contributed by atoms with Gasteiger partial charge in [-0.15, -0.1) is 0 Å². The highest BCUT2D eigenvalue weighted by Crippen LogP contribution is 2.42. The number of hydrogen-bond acceptors (Lipinski definition) is 7. The van der Waals surface area contributed by atoms with Crippen molar-refractivity contribution < 1.29 is 18.7 Å². The van der Waals surface area contributed by atoms with Gasteiger partial charge in [0, 0.05) is 6.20 Å². The summed E-state index contributed by atoms with van der Waals surface area (Å²) in [4.78, 5) is 16.6. The maximum absolute atomic E-state index is 12.7. The van der Waals surface area contributed by atoms with E-state index in [0.717, 1.165) is 0 Å². The van der Waals surface area contributed by atoms with Crippen molar-refractivity contribution in [1.29, 1.82) is 0 Å². The van der Waals surface area contributed by atoms with E-state index in [9.17, 15) is 9.90 Å². The maximum Gasteiger partial charge on any atom is 0.351 e. The number of nitrogens with zero attached hydrogens (tertiary/aromatic N) is 2. The van der Waals surface area contributed by atoms with Crippen LogP contribution >= 0.6 is 0 Å². The van der Waals surface area contributed by atoms with E-state index in [-0.39, 0.29) is 5.82 Å². The molecule has 4 atom stereocenters. The normalized spacial score (nSPS) is 29.5. The molecule has 3 aliphatic rings. The highest BCUT2D eigenvalue weighted by atomic mass is 28.4. The summed E-state index contributed by atoms with van der Waals surface area (Å²) < 4.78 is 21.1. The van der Waals surface area contributed by atoms with E-state index in [1.165, 1.54) is 68.8 Å². The van der Waals surface area contributed by atoms with Crippen LogP contribution in [0.25, 0.3) is 0 Å². The monoisotopic (exact) mass is 523 g/mol. The average Bonchev–Trinajstić information content (AvgIpc) is 3.13. The van der Waals surface area contributed by atoms with Crippen LogP contribution in [0.4, 0.5) is 5.82 Å². The summed E-state index contributed by atoms with van der Waals surface area (Å²) in [5, 5.41) is 11.4. The molecule has 3 N–H and O–H groups in total. The van der Waals surface area contributed by atoms with Gasteiger partial charge in [0.15, 0.2) is 22.9 Å². The minimum Gasteiger partial charge on any atom is -0.414 e. The quantitative estimate of drug-likeness (QED) is 0.481. The Labute approximate surface area is 211 Å². The van der Waals surface area contributed by atoms with E-state index in [1.54, 1.807) is 12.3 Å². The summed E-state index contributed by atoms with van der Waals surface area (Å²) in [5.41, 5.74) is 6.41. The Balaban J connectivity index is 1.52. The summed E-state index contributed by atoms with van der Waals surface area (Å²) in [6.07, 6.45) is 11.2. The lowest BCUT2D eigenvalue weighted by Crippen LogP contribution is -2.48. The van der Waals surface area contributed by atoms with Crippen LogP contribution in [-0.4, -0.2) is 56.2 Å². The summed E-state index contributed by atoms with van der Waals surface area (Å²) in [5.74, 6) is 0.166. The topological polar surface area (TPSA) is 109 Å². The van der Waals surface area contributed by atoms with E-state index >= 15 is 0 Å². The van der Waals surface area contributed by atoms with Crippen LogP contribution in [-0.2, 0) is 13.6 Å². The number of nitrogen functional groups attached to an aromatic ring is 1. The van der Waals surface area contributed by atoms with Crippen LogP contribution in [0.5, 0.6) is 0 Å². The van der Waals surface area contributed by atoms with Gasteiger partial charge in [-0.2, -0.15) is 4.98 Å². The molecule has 0 radical (unpaired) electrons. The standard InChI is InChI=1S/C25H45N3O5Si2/c1-34(2,18-11-7-5-8-12-18)31-17-20-22(29)23(33-35(3,4)19-13-9-6-10-14-19)24(32-20)28-16-15-21(26)27-25(28)30/h15-16,18-20,22-24,29H,5-14,17H2,1-4H3,(H2,26,27,30). The molecule has 1 aliphatic heterocycles. The van der Waals surface area contributed by atoms with Crippen molar-refractivity contribution in [2.45, 2.75) is 126 Å². The molecule has 4 unspecified atom stereocenters. The zero-order valence-electron chi connectivity index (χ0n) is 21.9. The van der Waals surface area contributed by atoms with Crippen molar-refractivity contribution in [3.63, 3.8) is 0 Å². The highest BCUT2D eigenvalue weighted by Gasteiger charge is 2.50. The molecule has 1 aromatic rings. The molecule has 0 amide bonds. The van der Waals surface area contributed by atoms with Gasteiger partial charge >= 0.3 is 5.69 Å². The Hall–Kier alpha value is -1.05. The van der Waals surface area contributed by atoms with E-state index < -0.39 is 46.9 Å². The molecule has 10 heteroatoms. The first kappa shape index (κ1) is 27.0. The van der Waals surface area contributed by atoms with E-state index in [2.05, 4.69) is 31.2 Å². The Morgan fingerprint density at radius 1 is 1.03 bits per heavy atom. The number of aliphatic hydroxyl groups excluding tert-OH is 1. The first-order valence-electron chi connectivity index (χ1n) is 13.6. The highest BCUT2D eigenvalue weighted by molar-refractivity contribution is 6.73. The molecule has 2 saturated carbocycles. The Bertz CT molecular complexity index is 899. The number of hydrogen-bond donors (Lipinski definition) is 2. The fraction of sp³-hybridized carbons (Fsp3) is 0.840. The SMILES string of the molecule is C[Si](C)(OCC1OC(n2ccc(N)nc2=O)C(O[Si](C)(C)C2CCCCC2)C1O)C1CCCCC1. The van der Waals surface area contributed by atoms with Crippen molar-refractivity contribution in [2.24, 2.45) is 0 Å². The zero-order chi connectivity index (χ0) is 25.2. The first-order chi connectivity index (χ1) is 16.6. The van der Waals surface area contributed by atoms with Gasteiger partial charge in [0.2, 0.25) is 0 Å². The predicted molar refractivity (Wildman–Crippen MR) is 142 cm³/mol. The number of rotatable bonds is 8. The van der Waals surface area contributed by atoms with Crippen LogP contribution in [0.3, 0.4) is 0 Å². The fourth-order valence-electron chi connectivity index (χ4n) is 6.28. The van der Waals surface area contributed by atoms with Gasteiger partial charge in [-0.05, 0) is 43.3 Å². The summed E-state index contributed by atoms with van der Waals surface area (Å²) >= 11 is 0. The van der Waals surface area contributed by atoms with Gasteiger partial charge in [-0.1, -0.05) is 64.2 Å². The van der Waals surface area contributed by atoms with Crippen LogP contribution in [0, 0.1) is 0 Å². The third kappa shape index (κ3) is 6.27. The molecule has 198 valence electrons. The summed E-state index contributed by atoms with van der Waals surface area (Å²) in [6, 6.07) is 1.58. The molecular weight excluding hydrogens is 478 g/mol. The van der Waals surface area contributed by atoms with Crippen molar-refractivity contribution >= 4 is 22.5 Å². The molecule has 2 heterocycles. The third-order valence-electron chi connectivity index (χ3n) is 8.67. The number of aromatic nitrogens is 2. The van der Waals surface area contributed by atoms with Crippen LogP contribution in [0.2, 0.25) is 37.3 Å². The van der Waals surface area contributed by atoms with Crippen LogP contribution in [0.1, 0.15) is 70.4 Å². The van der Waals surface area contributed by atoms with Crippen LogP contribution in [0.15, 0.2) is 17.1 Å². The average molecular weight is 524 g/mol. The lowest BCUT2D eigenvalue weighted by Gasteiger charge is -2.38. The summed E-state index contributed by atoms with van der Waals surface area (Å²) in [6.45, 7) is 9.35. The molecule has 1 saturated heterocycles. The number of ether oxygens (including phenoxy) is 1. The first-order valence-corrected chi connectivity index (χ1v) is 19.6. The van der Waals surface area contributed by atoms with Gasteiger partial charge in [-0.3, -0.25) is 4.57 Å². The largest absolute Gasteiger partial charge is 0.414 e. The molecular formula is C25H45N3O5Si2. The second kappa shape index (κ2) is 11.1. The smallest absolute Gasteiger partial charge is 0.351 e. The van der Waals surface area contributed by atoms with Crippen molar-refractivity contribution in [3.8, 4) is 0 Å². The van der Waals surface area contributed by atoms with Crippen LogP contribution < -0.4 is 11.4 Å². The Morgan fingerprint density at radius 3 is 2.17 bits per heavy atom. The van der Waals surface area contributed by atoms with Gasteiger partial charge in [0.05, 0.1) is 6.61 Å². The molecule has 35 heavy (non-hydrogen) atoms. The van der Waals surface area contributed by atoms with Gasteiger partial charge < -0.3 is 24.4 Å². The number of nitrogens with two attached hydrogens (primary N) is 1. The van der Waals surface area contributed by atoms with Gasteiger partial charge in [-0.25, -0.2) is 4.79 Å². The molecule has 0 spiro atoms. The van der Waals surface area contributed by atoms with Gasteiger partial charge in [0.25, 0.3) is 0 Å². The van der Waals surface area contributed by atoms with Gasteiger partial charge in [0.1, 0.15) is 24.1 Å². The molecule has 2 aliphatic carbocycles. The van der Waals surface area contributed by atoms with E-state index in [0.29, 0.717) is 17.7 Å². The zero-order valence-corrected chi connectivity index (χ0v) is 23.9. The minimum atomic E-state index is -2.16. The number of aliphatic hydroxyl groups is 1. The Kier molecular flexibility index (Phi) is 8.60.